The highest BCUT2D eigenvalue weighted by molar-refractivity contribution is 6.36. The van der Waals surface area contributed by atoms with Gasteiger partial charge < -0.3 is 4.98 Å². The first-order valence-corrected chi connectivity index (χ1v) is 8.78. The zero-order valence-electron chi connectivity index (χ0n) is 14.6. The largest absolute Gasteiger partial charge is 0.319 e. The molecule has 0 spiro atoms. The van der Waals surface area contributed by atoms with Crippen molar-refractivity contribution in [2.75, 3.05) is 0 Å². The number of aromatic nitrogens is 1. The number of aromatic amines is 1. The molecule has 0 unspecified atom stereocenters. The van der Waals surface area contributed by atoms with Gasteiger partial charge in [-0.25, -0.2) is 4.39 Å². The van der Waals surface area contributed by atoms with Gasteiger partial charge in [0.1, 0.15) is 5.82 Å². The zero-order valence-corrected chi connectivity index (χ0v) is 14.6. The number of allylic oxidation sites excluding steroid dienone is 1. The smallest absolute Gasteiger partial charge is 0.257 e. The van der Waals surface area contributed by atoms with Gasteiger partial charge in [0.2, 0.25) is 0 Å². The fourth-order valence-corrected chi connectivity index (χ4v) is 3.44. The molecule has 0 amide bonds. The summed E-state index contributed by atoms with van der Waals surface area (Å²) in [5.74, 6) is -0.149. The first-order chi connectivity index (χ1) is 13.7. The minimum absolute atomic E-state index is 0.207. The molecule has 2 heterocycles. The molecule has 0 aliphatic carbocycles. The number of hydrogen-bond donors (Lipinski definition) is 1. The lowest BCUT2D eigenvalue weighted by Gasteiger charge is -2.20. The molecule has 0 bridgehead atoms. The van der Waals surface area contributed by atoms with E-state index in [9.17, 15) is 9.18 Å². The van der Waals surface area contributed by atoms with Gasteiger partial charge in [0.05, 0.1) is 16.7 Å². The van der Waals surface area contributed by atoms with Crippen LogP contribution in [0.15, 0.2) is 78.9 Å². The molecule has 0 fully saturated rings. The number of hydrogen-bond acceptors (Lipinski definition) is 3. The van der Waals surface area contributed by atoms with Gasteiger partial charge in [-0.1, -0.05) is 72.8 Å². The molecule has 4 aromatic rings. The Balaban J connectivity index is 1.83. The highest BCUT2D eigenvalue weighted by Crippen LogP contribution is 2.43. The third kappa shape index (κ3) is 2.48. The van der Waals surface area contributed by atoms with Crippen LogP contribution in [0.5, 0.6) is 5.88 Å². The van der Waals surface area contributed by atoms with Gasteiger partial charge in [-0.2, -0.15) is 0 Å². The number of ketones is 1. The third-order valence-electron chi connectivity index (χ3n) is 4.73. The number of carbonyl (C=O) groups is 1. The summed E-state index contributed by atoms with van der Waals surface area (Å²) in [6.45, 7) is 0. The van der Waals surface area contributed by atoms with E-state index >= 15 is 0 Å². The third-order valence-corrected chi connectivity index (χ3v) is 4.73. The van der Waals surface area contributed by atoms with Gasteiger partial charge in [-0.3, -0.25) is 14.6 Å². The lowest BCUT2D eigenvalue weighted by atomic mass is 9.92. The van der Waals surface area contributed by atoms with Gasteiger partial charge in [0.15, 0.2) is 11.5 Å². The monoisotopic (exact) mass is 371 g/mol. The number of para-hydroxylation sites is 1. The Morgan fingerprint density at radius 3 is 2.29 bits per heavy atom. The van der Waals surface area contributed by atoms with Crippen LogP contribution in [0.3, 0.4) is 0 Å². The number of fused-ring (bicyclic) bond motifs is 3. The summed E-state index contributed by atoms with van der Waals surface area (Å²) < 4.78 is 14.3. The van der Waals surface area contributed by atoms with Crippen LogP contribution in [-0.4, -0.2) is 10.8 Å². The average Bonchev–Trinajstić information content (AvgIpc) is 3.14. The number of carbonyl (C=O) groups excluding carboxylic acids is 1. The average molecular weight is 371 g/mol. The number of nitrogens with one attached hydrogen (secondary N) is 1. The minimum atomic E-state index is -0.428. The Labute approximate surface area is 159 Å². The molecule has 1 aliphatic heterocycles. The standard InChI is InChI=1S/C23H14FNO3/c24-17-13-7-12-16-18-19(21(26)14-8-3-1-4-9-14)22(15-10-5-2-6-11-15)27-28-23(18)25-20(16)17/h1-13,25H. The molecule has 0 saturated carbocycles. The summed E-state index contributed by atoms with van der Waals surface area (Å²) in [4.78, 5) is 27.3. The van der Waals surface area contributed by atoms with E-state index in [1.165, 1.54) is 6.07 Å². The van der Waals surface area contributed by atoms with Crippen LogP contribution < -0.4 is 4.89 Å². The summed E-state index contributed by atoms with van der Waals surface area (Å²) in [5, 5.41) is 0.561. The van der Waals surface area contributed by atoms with Crippen molar-refractivity contribution in [3.05, 3.63) is 101 Å². The molecule has 136 valence electrons. The lowest BCUT2D eigenvalue weighted by Crippen LogP contribution is -2.14. The Hall–Kier alpha value is -3.86. The zero-order chi connectivity index (χ0) is 19.1. The molecule has 5 rings (SSSR count). The van der Waals surface area contributed by atoms with Crippen molar-refractivity contribution in [1.29, 1.82) is 0 Å². The SMILES string of the molecule is O=C(C1=C(c2ccccc2)OOc2[nH]c3c(F)cccc3c21)c1ccccc1. The van der Waals surface area contributed by atoms with Gasteiger partial charge in [0.25, 0.3) is 5.88 Å². The first kappa shape index (κ1) is 16.3. The van der Waals surface area contributed by atoms with Gasteiger partial charge >= 0.3 is 0 Å². The summed E-state index contributed by atoms with van der Waals surface area (Å²) in [6.07, 6.45) is 0. The maximum absolute atomic E-state index is 14.3. The van der Waals surface area contributed by atoms with Crippen LogP contribution in [0.2, 0.25) is 0 Å². The molecule has 1 aromatic heterocycles. The summed E-state index contributed by atoms with van der Waals surface area (Å²) in [7, 11) is 0. The number of halogens is 1. The molecule has 0 radical (unpaired) electrons. The van der Waals surface area contributed by atoms with E-state index in [1.807, 2.05) is 36.4 Å². The molecule has 1 aliphatic rings. The number of benzene rings is 3. The fourth-order valence-electron chi connectivity index (χ4n) is 3.44. The van der Waals surface area contributed by atoms with E-state index in [0.717, 1.165) is 0 Å². The highest BCUT2D eigenvalue weighted by Gasteiger charge is 2.33. The van der Waals surface area contributed by atoms with Crippen molar-refractivity contribution in [1.82, 2.24) is 4.98 Å². The van der Waals surface area contributed by atoms with Crippen LogP contribution in [0.4, 0.5) is 4.39 Å². The van der Waals surface area contributed by atoms with E-state index in [0.29, 0.717) is 33.4 Å². The molecule has 0 atom stereocenters. The van der Waals surface area contributed by atoms with E-state index in [4.69, 9.17) is 9.78 Å². The number of rotatable bonds is 3. The lowest BCUT2D eigenvalue weighted by molar-refractivity contribution is -0.138. The van der Waals surface area contributed by atoms with Crippen molar-refractivity contribution < 1.29 is 19.0 Å². The highest BCUT2D eigenvalue weighted by atomic mass is 19.1. The second-order valence-corrected chi connectivity index (χ2v) is 6.42. The maximum atomic E-state index is 14.3. The van der Waals surface area contributed by atoms with Crippen LogP contribution >= 0.6 is 0 Å². The van der Waals surface area contributed by atoms with E-state index in [-0.39, 0.29) is 17.2 Å². The summed E-state index contributed by atoms with van der Waals surface area (Å²) in [6, 6.07) is 22.9. The predicted molar refractivity (Wildman–Crippen MR) is 104 cm³/mol. The van der Waals surface area contributed by atoms with Crippen molar-refractivity contribution in [2.45, 2.75) is 0 Å². The Bertz CT molecular complexity index is 1230. The van der Waals surface area contributed by atoms with E-state index in [2.05, 4.69) is 4.98 Å². The van der Waals surface area contributed by atoms with Gasteiger partial charge in [-0.05, 0) is 6.07 Å². The summed E-state index contributed by atoms with van der Waals surface area (Å²) >= 11 is 0. The van der Waals surface area contributed by atoms with Crippen molar-refractivity contribution in [3.63, 3.8) is 0 Å². The quantitative estimate of drug-likeness (QED) is 0.388. The predicted octanol–water partition coefficient (Wildman–Crippen LogP) is 5.38. The molecule has 0 saturated heterocycles. The Kier molecular flexibility index (Phi) is 3.72. The van der Waals surface area contributed by atoms with Crippen molar-refractivity contribution in [2.24, 2.45) is 0 Å². The normalized spacial score (nSPS) is 13.0. The van der Waals surface area contributed by atoms with Crippen LogP contribution in [0, 0.1) is 5.82 Å². The first-order valence-electron chi connectivity index (χ1n) is 8.78. The second-order valence-electron chi connectivity index (χ2n) is 6.42. The van der Waals surface area contributed by atoms with E-state index < -0.39 is 5.82 Å². The molecule has 3 aromatic carbocycles. The second kappa shape index (κ2) is 6.39. The van der Waals surface area contributed by atoms with Gasteiger partial charge in [-0.15, -0.1) is 0 Å². The van der Waals surface area contributed by atoms with Crippen molar-refractivity contribution in [3.8, 4) is 5.88 Å². The topological polar surface area (TPSA) is 51.3 Å². The molecule has 28 heavy (non-hydrogen) atoms. The van der Waals surface area contributed by atoms with Crippen LogP contribution in [0.25, 0.3) is 22.2 Å². The van der Waals surface area contributed by atoms with E-state index in [1.54, 1.807) is 36.4 Å². The Morgan fingerprint density at radius 1 is 0.821 bits per heavy atom. The minimum Gasteiger partial charge on any atom is -0.319 e. The van der Waals surface area contributed by atoms with Crippen LogP contribution in [-0.2, 0) is 4.89 Å². The van der Waals surface area contributed by atoms with Gasteiger partial charge in [0, 0.05) is 16.5 Å². The van der Waals surface area contributed by atoms with Crippen molar-refractivity contribution >= 4 is 28.0 Å². The molecular weight excluding hydrogens is 357 g/mol. The molecular formula is C23H14FNO3. The molecule has 1 N–H and O–H groups in total. The summed E-state index contributed by atoms with van der Waals surface area (Å²) in [5.41, 5.74) is 2.29. The molecule has 4 nitrogen and oxygen atoms in total. The van der Waals surface area contributed by atoms with Crippen LogP contribution in [0.1, 0.15) is 21.5 Å². The molecule has 5 heteroatoms. The maximum Gasteiger partial charge on any atom is 0.257 e. The Morgan fingerprint density at radius 2 is 1.54 bits per heavy atom. The fraction of sp³-hybridized carbons (Fsp3) is 0. The number of H-pyrrole nitrogens is 1. The number of Topliss-reactive ketones (excluding diaryl/α,β-unsaturated/α-hetero) is 1.